The van der Waals surface area contributed by atoms with Crippen LogP contribution in [0.2, 0.25) is 0 Å². The Labute approximate surface area is 228 Å². The Bertz CT molecular complexity index is 1480. The van der Waals surface area contributed by atoms with Crippen LogP contribution in [0.5, 0.6) is 5.75 Å². The van der Waals surface area contributed by atoms with E-state index < -0.39 is 0 Å². The maximum Gasteiger partial charge on any atom is 0.224 e. The van der Waals surface area contributed by atoms with Crippen molar-refractivity contribution < 1.29 is 14.3 Å². The summed E-state index contributed by atoms with van der Waals surface area (Å²) in [6.07, 6.45) is 7.42. The van der Waals surface area contributed by atoms with Gasteiger partial charge in [-0.1, -0.05) is 55.0 Å². The molecule has 2 aliphatic carbocycles. The summed E-state index contributed by atoms with van der Waals surface area (Å²) < 4.78 is 13.5. The SMILES string of the molecule is C[C@H]1C2=CNN(c3ccc(F)cc3)C2=CC2=C1[C@@H](CC(NC(=O)Cc1cccc(O)c1)c1ccccc1)CC2. The van der Waals surface area contributed by atoms with Crippen LogP contribution in [-0.2, 0) is 11.2 Å². The Morgan fingerprint density at radius 2 is 1.90 bits per heavy atom. The molecule has 3 atom stereocenters. The molecular weight excluding hydrogens is 489 g/mol. The third kappa shape index (κ3) is 5.07. The Hall–Kier alpha value is -4.32. The van der Waals surface area contributed by atoms with Crippen LogP contribution in [0.4, 0.5) is 10.1 Å². The first-order valence-corrected chi connectivity index (χ1v) is 13.6. The van der Waals surface area contributed by atoms with Gasteiger partial charge in [0.15, 0.2) is 0 Å². The molecule has 3 N–H and O–H groups in total. The fourth-order valence-corrected chi connectivity index (χ4v) is 6.31. The van der Waals surface area contributed by atoms with E-state index in [9.17, 15) is 14.3 Å². The number of phenols is 1. The number of hydrazine groups is 1. The molecule has 0 aromatic heterocycles. The largest absolute Gasteiger partial charge is 0.508 e. The van der Waals surface area contributed by atoms with Crippen LogP contribution >= 0.6 is 0 Å². The average Bonchev–Trinajstić information content (AvgIpc) is 3.54. The van der Waals surface area contributed by atoms with Gasteiger partial charge >= 0.3 is 0 Å². The Morgan fingerprint density at radius 3 is 2.67 bits per heavy atom. The second-order valence-corrected chi connectivity index (χ2v) is 10.6. The molecule has 1 amide bonds. The van der Waals surface area contributed by atoms with Crippen molar-refractivity contribution in [3.05, 3.63) is 130 Å². The van der Waals surface area contributed by atoms with E-state index in [4.69, 9.17) is 0 Å². The highest BCUT2D eigenvalue weighted by atomic mass is 19.1. The highest BCUT2D eigenvalue weighted by Crippen LogP contribution is 2.49. The lowest BCUT2D eigenvalue weighted by Gasteiger charge is -2.31. The summed E-state index contributed by atoms with van der Waals surface area (Å²) in [5, 5.41) is 15.1. The van der Waals surface area contributed by atoms with E-state index in [-0.39, 0.29) is 35.9 Å². The molecule has 6 heteroatoms. The molecule has 3 aliphatic rings. The highest BCUT2D eigenvalue weighted by molar-refractivity contribution is 5.79. The fraction of sp³-hybridized carbons (Fsp3) is 0.242. The first kappa shape index (κ1) is 25.0. The van der Waals surface area contributed by atoms with Crippen LogP contribution in [0.25, 0.3) is 0 Å². The van der Waals surface area contributed by atoms with Gasteiger partial charge in [-0.15, -0.1) is 0 Å². The summed E-state index contributed by atoms with van der Waals surface area (Å²) in [4.78, 5) is 13.1. The number of phenolic OH excluding ortho intramolecular Hbond substituents is 1. The molecular formula is C33H32FN3O2. The molecule has 0 saturated carbocycles. The van der Waals surface area contributed by atoms with E-state index in [1.165, 1.54) is 28.9 Å². The number of hydrogen-bond acceptors (Lipinski definition) is 4. The van der Waals surface area contributed by atoms with Gasteiger partial charge in [-0.3, -0.25) is 9.80 Å². The van der Waals surface area contributed by atoms with Gasteiger partial charge in [-0.2, -0.15) is 0 Å². The number of halogens is 1. The minimum Gasteiger partial charge on any atom is -0.508 e. The number of benzene rings is 3. The lowest BCUT2D eigenvalue weighted by molar-refractivity contribution is -0.121. The van der Waals surface area contributed by atoms with Crippen molar-refractivity contribution in [2.45, 2.75) is 38.6 Å². The number of allylic oxidation sites excluding steroid dienone is 4. The molecule has 0 fully saturated rings. The summed E-state index contributed by atoms with van der Waals surface area (Å²) in [5.41, 5.74) is 11.3. The van der Waals surface area contributed by atoms with Crippen LogP contribution in [-0.4, -0.2) is 11.0 Å². The minimum atomic E-state index is -0.247. The van der Waals surface area contributed by atoms with Crippen LogP contribution in [0.15, 0.2) is 114 Å². The number of nitrogens with one attached hydrogen (secondary N) is 2. The monoisotopic (exact) mass is 521 g/mol. The molecule has 0 radical (unpaired) electrons. The highest BCUT2D eigenvalue weighted by Gasteiger charge is 2.39. The van der Waals surface area contributed by atoms with E-state index in [0.29, 0.717) is 5.92 Å². The minimum absolute atomic E-state index is 0.0573. The molecule has 0 bridgehead atoms. The van der Waals surface area contributed by atoms with E-state index in [1.54, 1.807) is 30.3 Å². The Balaban J connectivity index is 1.24. The van der Waals surface area contributed by atoms with Gasteiger partial charge in [0.25, 0.3) is 0 Å². The molecule has 39 heavy (non-hydrogen) atoms. The number of nitrogens with zero attached hydrogens (tertiary/aromatic N) is 1. The number of carbonyl (C=O) groups excluding carboxylic acids is 1. The van der Waals surface area contributed by atoms with Crippen molar-refractivity contribution in [2.75, 3.05) is 5.01 Å². The van der Waals surface area contributed by atoms with Gasteiger partial charge in [0.05, 0.1) is 23.8 Å². The first-order valence-electron chi connectivity index (χ1n) is 13.6. The molecule has 1 unspecified atom stereocenters. The van der Waals surface area contributed by atoms with E-state index >= 15 is 0 Å². The molecule has 6 rings (SSSR count). The van der Waals surface area contributed by atoms with Crippen LogP contribution in [0.1, 0.15) is 43.4 Å². The van der Waals surface area contributed by atoms with Gasteiger partial charge in [0.2, 0.25) is 5.91 Å². The van der Waals surface area contributed by atoms with Crippen molar-refractivity contribution in [3.8, 4) is 5.75 Å². The van der Waals surface area contributed by atoms with Gasteiger partial charge in [-0.05, 0) is 84.4 Å². The zero-order valence-corrected chi connectivity index (χ0v) is 21.9. The maximum atomic E-state index is 13.5. The van der Waals surface area contributed by atoms with Crippen molar-refractivity contribution in [1.29, 1.82) is 0 Å². The zero-order valence-electron chi connectivity index (χ0n) is 21.9. The van der Waals surface area contributed by atoms with Gasteiger partial charge < -0.3 is 15.8 Å². The lowest BCUT2D eigenvalue weighted by atomic mass is 9.78. The second kappa shape index (κ2) is 10.4. The summed E-state index contributed by atoms with van der Waals surface area (Å²) in [5.74, 6) is 0.448. The predicted molar refractivity (Wildman–Crippen MR) is 151 cm³/mol. The van der Waals surface area contributed by atoms with E-state index in [1.807, 2.05) is 29.3 Å². The van der Waals surface area contributed by atoms with Gasteiger partial charge in [-0.25, -0.2) is 4.39 Å². The van der Waals surface area contributed by atoms with Crippen molar-refractivity contribution in [1.82, 2.24) is 10.7 Å². The summed E-state index contributed by atoms with van der Waals surface area (Å²) >= 11 is 0. The first-order chi connectivity index (χ1) is 19.0. The molecule has 0 spiro atoms. The molecule has 1 aliphatic heterocycles. The zero-order chi connectivity index (χ0) is 26.9. The van der Waals surface area contributed by atoms with Crippen LogP contribution in [0, 0.1) is 17.7 Å². The predicted octanol–water partition coefficient (Wildman–Crippen LogP) is 6.47. The second-order valence-electron chi connectivity index (χ2n) is 10.6. The number of carbonyl (C=O) groups is 1. The van der Waals surface area contributed by atoms with Crippen molar-refractivity contribution >= 4 is 11.6 Å². The molecule has 5 nitrogen and oxygen atoms in total. The number of hydrogen-bond donors (Lipinski definition) is 3. The standard InChI is InChI=1S/C33H32FN3O2/c1-21-29-20-35-37(27-14-12-26(34)13-15-27)31(29)19-25-11-10-24(33(21)25)18-30(23-7-3-2-4-8-23)36-32(39)17-22-6-5-9-28(38)16-22/h2-9,12-16,19-21,24,30,35,38H,10-11,17-18H2,1H3,(H,36,39)/t21-,24+,30?/m0/s1. The van der Waals surface area contributed by atoms with Crippen LogP contribution in [0.3, 0.4) is 0 Å². The smallest absolute Gasteiger partial charge is 0.224 e. The average molecular weight is 522 g/mol. The van der Waals surface area contributed by atoms with E-state index in [0.717, 1.165) is 41.8 Å². The van der Waals surface area contributed by atoms with Crippen LogP contribution < -0.4 is 15.8 Å². The molecule has 1 heterocycles. The number of fused-ring (bicyclic) bond motifs is 1. The van der Waals surface area contributed by atoms with Gasteiger partial charge in [0, 0.05) is 17.7 Å². The summed E-state index contributed by atoms with van der Waals surface area (Å²) in [7, 11) is 0. The summed E-state index contributed by atoms with van der Waals surface area (Å²) in [6, 6.07) is 23.5. The van der Waals surface area contributed by atoms with Crippen molar-refractivity contribution in [3.63, 3.8) is 0 Å². The third-order valence-electron chi connectivity index (χ3n) is 8.12. The van der Waals surface area contributed by atoms with E-state index in [2.05, 4.69) is 42.1 Å². The topological polar surface area (TPSA) is 64.6 Å². The maximum absolute atomic E-state index is 13.5. The molecule has 3 aromatic rings. The quantitative estimate of drug-likeness (QED) is 0.333. The van der Waals surface area contributed by atoms with Crippen molar-refractivity contribution in [2.24, 2.45) is 11.8 Å². The summed E-state index contributed by atoms with van der Waals surface area (Å²) in [6.45, 7) is 2.26. The fourth-order valence-electron chi connectivity index (χ4n) is 6.31. The third-order valence-corrected chi connectivity index (χ3v) is 8.12. The van der Waals surface area contributed by atoms with Gasteiger partial charge in [0.1, 0.15) is 11.6 Å². The molecule has 198 valence electrons. The normalized spacial score (nSPS) is 20.5. The lowest BCUT2D eigenvalue weighted by Crippen LogP contribution is -2.32. The number of amides is 1. The number of anilines is 1. The number of aromatic hydroxyl groups is 1. The Morgan fingerprint density at radius 1 is 1.10 bits per heavy atom. The molecule has 3 aromatic carbocycles. The molecule has 0 saturated heterocycles. The Kier molecular flexibility index (Phi) is 6.69. The number of rotatable bonds is 7.